The third-order valence-electron chi connectivity index (χ3n) is 3.18. The Labute approximate surface area is 125 Å². The van der Waals surface area contributed by atoms with Gasteiger partial charge in [-0.15, -0.1) is 0 Å². The van der Waals surface area contributed by atoms with E-state index in [4.69, 9.17) is 9.84 Å². The lowest BCUT2D eigenvalue weighted by Gasteiger charge is -2.07. The summed E-state index contributed by atoms with van der Waals surface area (Å²) in [6.45, 7) is 1.60. The van der Waals surface area contributed by atoms with Crippen molar-refractivity contribution in [2.45, 2.75) is 13.0 Å². The minimum absolute atomic E-state index is 0.308. The molecule has 2 aromatic heterocycles. The van der Waals surface area contributed by atoms with Crippen LogP contribution in [0.25, 0.3) is 10.9 Å². The monoisotopic (exact) mass is 299 g/mol. The van der Waals surface area contributed by atoms with Crippen LogP contribution in [0.2, 0.25) is 0 Å². The molecule has 0 spiro atoms. The summed E-state index contributed by atoms with van der Waals surface area (Å²) in [7, 11) is 0. The normalized spacial score (nSPS) is 12.3. The number of aromatic nitrogens is 3. The van der Waals surface area contributed by atoms with Crippen LogP contribution in [0.1, 0.15) is 18.7 Å². The fraction of sp³-hybridized carbons (Fsp3) is 0.133. The zero-order valence-corrected chi connectivity index (χ0v) is 11.7. The lowest BCUT2D eigenvalue weighted by atomic mass is 10.2. The maximum atomic E-state index is 11.0. The third kappa shape index (κ3) is 2.61. The highest BCUT2D eigenvalue weighted by Crippen LogP contribution is 2.26. The smallest absolute Gasteiger partial charge is 0.415 e. The predicted molar refractivity (Wildman–Crippen MR) is 78.1 cm³/mol. The van der Waals surface area contributed by atoms with Crippen LogP contribution in [-0.2, 0) is 0 Å². The Morgan fingerprint density at radius 2 is 2.09 bits per heavy atom. The summed E-state index contributed by atoms with van der Waals surface area (Å²) < 4.78 is 6.76. The molecule has 22 heavy (non-hydrogen) atoms. The molecule has 3 aromatic rings. The zero-order chi connectivity index (χ0) is 15.7. The van der Waals surface area contributed by atoms with Crippen molar-refractivity contribution < 1.29 is 19.7 Å². The Morgan fingerprint density at radius 1 is 1.27 bits per heavy atom. The van der Waals surface area contributed by atoms with Gasteiger partial charge in [-0.3, -0.25) is 4.57 Å². The number of ether oxygens (including phenoxy) is 1. The standard InChI is InChI=1S/C15H13N3O4/c1-9(19)12-7-14(17-8-16-12)22-11-2-3-13-10(6-11)4-5-18(13)15(20)21/h2-9,19H,1H3,(H,20,21). The maximum absolute atomic E-state index is 11.0. The summed E-state index contributed by atoms with van der Waals surface area (Å²) in [5.74, 6) is 0.828. The number of carbonyl (C=O) groups is 1. The molecule has 1 atom stereocenters. The van der Waals surface area contributed by atoms with Crippen molar-refractivity contribution in [1.82, 2.24) is 14.5 Å². The lowest BCUT2D eigenvalue weighted by molar-refractivity contribution is 0.193. The van der Waals surface area contributed by atoms with E-state index >= 15 is 0 Å². The molecule has 2 heterocycles. The summed E-state index contributed by atoms with van der Waals surface area (Å²) in [5, 5.41) is 19.3. The number of hydrogen-bond acceptors (Lipinski definition) is 5. The van der Waals surface area contributed by atoms with Crippen molar-refractivity contribution in [3.63, 3.8) is 0 Å². The molecule has 7 nitrogen and oxygen atoms in total. The average Bonchev–Trinajstić information content (AvgIpc) is 2.90. The van der Waals surface area contributed by atoms with Gasteiger partial charge < -0.3 is 14.9 Å². The van der Waals surface area contributed by atoms with Crippen LogP contribution in [0.4, 0.5) is 4.79 Å². The minimum atomic E-state index is -1.04. The molecule has 0 amide bonds. The van der Waals surface area contributed by atoms with Gasteiger partial charge in [0.2, 0.25) is 5.88 Å². The second-order valence-electron chi connectivity index (χ2n) is 4.75. The first-order chi connectivity index (χ1) is 10.5. The fourth-order valence-corrected chi connectivity index (χ4v) is 2.11. The van der Waals surface area contributed by atoms with E-state index < -0.39 is 12.2 Å². The van der Waals surface area contributed by atoms with Gasteiger partial charge in [-0.1, -0.05) is 0 Å². The Hall–Kier alpha value is -2.93. The minimum Gasteiger partial charge on any atom is -0.464 e. The Balaban J connectivity index is 1.91. The van der Waals surface area contributed by atoms with E-state index in [1.54, 1.807) is 37.3 Å². The summed E-state index contributed by atoms with van der Waals surface area (Å²) in [6, 6.07) is 8.29. The van der Waals surface area contributed by atoms with E-state index in [0.29, 0.717) is 22.8 Å². The Bertz CT molecular complexity index is 842. The van der Waals surface area contributed by atoms with Gasteiger partial charge in [0.25, 0.3) is 0 Å². The van der Waals surface area contributed by atoms with Crippen molar-refractivity contribution >= 4 is 17.0 Å². The molecule has 0 fully saturated rings. The highest BCUT2D eigenvalue weighted by atomic mass is 16.5. The fourth-order valence-electron chi connectivity index (χ4n) is 2.11. The quantitative estimate of drug-likeness (QED) is 0.771. The SMILES string of the molecule is CC(O)c1cc(Oc2ccc3c(ccn3C(=O)O)c2)ncn1. The number of hydrogen-bond donors (Lipinski definition) is 2. The molecule has 0 bridgehead atoms. The van der Waals surface area contributed by atoms with Crippen molar-refractivity contribution in [3.8, 4) is 11.6 Å². The van der Waals surface area contributed by atoms with E-state index in [1.165, 1.54) is 12.5 Å². The van der Waals surface area contributed by atoms with Crippen molar-refractivity contribution in [2.24, 2.45) is 0 Å². The number of benzene rings is 1. The van der Waals surface area contributed by atoms with Crippen LogP contribution in [0.5, 0.6) is 11.6 Å². The zero-order valence-electron chi connectivity index (χ0n) is 11.7. The molecule has 0 aliphatic heterocycles. The van der Waals surface area contributed by atoms with Crippen LogP contribution >= 0.6 is 0 Å². The van der Waals surface area contributed by atoms with E-state index in [2.05, 4.69) is 9.97 Å². The molecule has 3 rings (SSSR count). The van der Waals surface area contributed by atoms with Crippen LogP contribution < -0.4 is 4.74 Å². The van der Waals surface area contributed by atoms with E-state index in [1.807, 2.05) is 0 Å². The molecule has 0 saturated carbocycles. The molecular formula is C15H13N3O4. The molecule has 7 heteroatoms. The highest BCUT2D eigenvalue weighted by molar-refractivity contribution is 5.89. The van der Waals surface area contributed by atoms with Crippen molar-refractivity contribution in [1.29, 1.82) is 0 Å². The molecule has 0 aliphatic rings. The first-order valence-corrected chi connectivity index (χ1v) is 6.57. The van der Waals surface area contributed by atoms with Gasteiger partial charge in [0, 0.05) is 17.6 Å². The number of nitrogens with zero attached hydrogens (tertiary/aromatic N) is 3. The Morgan fingerprint density at radius 3 is 2.82 bits per heavy atom. The molecular weight excluding hydrogens is 286 g/mol. The summed E-state index contributed by atoms with van der Waals surface area (Å²) in [6.07, 6.45) is 1.04. The maximum Gasteiger partial charge on any atom is 0.415 e. The van der Waals surface area contributed by atoms with Crippen LogP contribution in [0, 0.1) is 0 Å². The van der Waals surface area contributed by atoms with Crippen molar-refractivity contribution in [2.75, 3.05) is 0 Å². The molecule has 0 radical (unpaired) electrons. The Kier molecular flexibility index (Phi) is 3.48. The van der Waals surface area contributed by atoms with Crippen molar-refractivity contribution in [3.05, 3.63) is 48.5 Å². The second-order valence-corrected chi connectivity index (χ2v) is 4.75. The first kappa shape index (κ1) is 14.0. The van der Waals surface area contributed by atoms with Gasteiger partial charge in [-0.05, 0) is 31.2 Å². The van der Waals surface area contributed by atoms with E-state index in [9.17, 15) is 9.90 Å². The number of carboxylic acid groups (broad SMARTS) is 1. The summed E-state index contributed by atoms with van der Waals surface area (Å²) >= 11 is 0. The summed E-state index contributed by atoms with van der Waals surface area (Å²) in [4.78, 5) is 19.0. The highest BCUT2D eigenvalue weighted by Gasteiger charge is 2.09. The summed E-state index contributed by atoms with van der Waals surface area (Å²) in [5.41, 5.74) is 1.04. The third-order valence-corrected chi connectivity index (χ3v) is 3.18. The average molecular weight is 299 g/mol. The van der Waals surface area contributed by atoms with Gasteiger partial charge in [0.1, 0.15) is 12.1 Å². The number of rotatable bonds is 3. The van der Waals surface area contributed by atoms with Gasteiger partial charge >= 0.3 is 6.09 Å². The van der Waals surface area contributed by atoms with E-state index in [0.717, 1.165) is 9.95 Å². The van der Waals surface area contributed by atoms with Crippen LogP contribution in [0.15, 0.2) is 42.9 Å². The van der Waals surface area contributed by atoms with Gasteiger partial charge in [0.05, 0.1) is 17.3 Å². The molecule has 2 N–H and O–H groups in total. The molecule has 0 saturated heterocycles. The number of aliphatic hydroxyl groups is 1. The van der Waals surface area contributed by atoms with Crippen LogP contribution in [-0.4, -0.2) is 30.8 Å². The predicted octanol–water partition coefficient (Wildman–Crippen LogP) is 2.80. The van der Waals surface area contributed by atoms with Gasteiger partial charge in [0.15, 0.2) is 0 Å². The van der Waals surface area contributed by atoms with Gasteiger partial charge in [-0.2, -0.15) is 0 Å². The second kappa shape index (κ2) is 5.45. The number of aliphatic hydroxyl groups excluding tert-OH is 1. The molecule has 0 aliphatic carbocycles. The molecule has 1 unspecified atom stereocenters. The number of fused-ring (bicyclic) bond motifs is 1. The molecule has 1 aromatic carbocycles. The lowest BCUT2D eigenvalue weighted by Crippen LogP contribution is -2.05. The van der Waals surface area contributed by atoms with Crippen LogP contribution in [0.3, 0.4) is 0 Å². The topological polar surface area (TPSA) is 97.5 Å². The van der Waals surface area contributed by atoms with E-state index in [-0.39, 0.29) is 0 Å². The largest absolute Gasteiger partial charge is 0.464 e. The van der Waals surface area contributed by atoms with Gasteiger partial charge in [-0.25, -0.2) is 14.8 Å². The first-order valence-electron chi connectivity index (χ1n) is 6.57. The molecule has 112 valence electrons.